The van der Waals surface area contributed by atoms with Gasteiger partial charge in [0.25, 0.3) is 0 Å². The summed E-state index contributed by atoms with van der Waals surface area (Å²) in [4.78, 5) is 6.74. The molecule has 20 heavy (non-hydrogen) atoms. The van der Waals surface area contributed by atoms with Gasteiger partial charge in [-0.2, -0.15) is 5.26 Å². The maximum absolute atomic E-state index is 8.69. The summed E-state index contributed by atoms with van der Waals surface area (Å²) in [5.74, 6) is 1.07. The molecule has 1 unspecified atom stereocenters. The van der Waals surface area contributed by atoms with E-state index in [4.69, 9.17) is 5.26 Å². The summed E-state index contributed by atoms with van der Waals surface area (Å²) in [6.45, 7) is 7.50. The highest BCUT2D eigenvalue weighted by atomic mass is 15.2. The van der Waals surface area contributed by atoms with Crippen LogP contribution < -0.4 is 10.2 Å². The highest BCUT2D eigenvalue weighted by Gasteiger charge is 2.25. The van der Waals surface area contributed by atoms with E-state index in [9.17, 15) is 0 Å². The molecule has 2 heterocycles. The standard InChI is InChI=1S/C16H24N4/c1-16(2,8-5-9-17)13-19-14-7-11-20(12-14)15-6-3-4-10-18-15/h3-4,6,10,14,19H,5,7-8,11-13H2,1-2H3. The molecule has 1 aliphatic heterocycles. The second kappa shape index (κ2) is 6.71. The molecular weight excluding hydrogens is 248 g/mol. The number of anilines is 1. The van der Waals surface area contributed by atoms with Crippen molar-refractivity contribution in [2.24, 2.45) is 5.41 Å². The zero-order valence-electron chi connectivity index (χ0n) is 12.5. The van der Waals surface area contributed by atoms with Crippen molar-refractivity contribution in [1.29, 1.82) is 5.26 Å². The average Bonchev–Trinajstić information content (AvgIpc) is 2.93. The second-order valence-corrected chi connectivity index (χ2v) is 6.32. The summed E-state index contributed by atoms with van der Waals surface area (Å²) in [5.41, 5.74) is 0.189. The lowest BCUT2D eigenvalue weighted by Gasteiger charge is -2.26. The van der Waals surface area contributed by atoms with Gasteiger partial charge >= 0.3 is 0 Å². The number of aromatic nitrogens is 1. The lowest BCUT2D eigenvalue weighted by Crippen LogP contribution is -2.38. The van der Waals surface area contributed by atoms with Gasteiger partial charge in [-0.05, 0) is 30.4 Å². The SMILES string of the molecule is CC(C)(CCC#N)CNC1CCN(c2ccccn2)C1. The highest BCUT2D eigenvalue weighted by molar-refractivity contribution is 5.39. The number of rotatable bonds is 6. The number of pyridine rings is 1. The fraction of sp³-hybridized carbons (Fsp3) is 0.625. The maximum Gasteiger partial charge on any atom is 0.128 e. The Kier molecular flexibility index (Phi) is 4.97. The Morgan fingerprint density at radius 1 is 1.50 bits per heavy atom. The Balaban J connectivity index is 1.78. The maximum atomic E-state index is 8.69. The Morgan fingerprint density at radius 3 is 3.05 bits per heavy atom. The normalized spacial score (nSPS) is 19.1. The van der Waals surface area contributed by atoms with Crippen molar-refractivity contribution in [3.05, 3.63) is 24.4 Å². The predicted octanol–water partition coefficient (Wildman–Crippen LogP) is 2.58. The minimum Gasteiger partial charge on any atom is -0.355 e. The zero-order valence-corrected chi connectivity index (χ0v) is 12.5. The van der Waals surface area contributed by atoms with Crippen molar-refractivity contribution >= 4 is 5.82 Å². The van der Waals surface area contributed by atoms with Crippen LogP contribution in [0.15, 0.2) is 24.4 Å². The van der Waals surface area contributed by atoms with E-state index in [0.717, 1.165) is 38.3 Å². The third kappa shape index (κ3) is 4.21. The summed E-state index contributed by atoms with van der Waals surface area (Å²) >= 11 is 0. The summed E-state index contributed by atoms with van der Waals surface area (Å²) in [7, 11) is 0. The molecule has 2 rings (SSSR count). The molecule has 0 saturated carbocycles. The summed E-state index contributed by atoms with van der Waals surface area (Å²) in [5, 5.41) is 12.3. The first-order chi connectivity index (χ1) is 9.61. The highest BCUT2D eigenvalue weighted by Crippen LogP contribution is 2.22. The van der Waals surface area contributed by atoms with Gasteiger partial charge in [-0.3, -0.25) is 0 Å². The average molecular weight is 272 g/mol. The molecule has 1 aliphatic rings. The molecule has 0 amide bonds. The molecule has 1 aromatic heterocycles. The summed E-state index contributed by atoms with van der Waals surface area (Å²) < 4.78 is 0. The number of hydrogen-bond acceptors (Lipinski definition) is 4. The largest absolute Gasteiger partial charge is 0.355 e. The Labute approximate surface area is 121 Å². The third-order valence-corrected chi connectivity index (χ3v) is 3.94. The van der Waals surface area contributed by atoms with Crippen molar-refractivity contribution in [3.8, 4) is 6.07 Å². The van der Waals surface area contributed by atoms with Crippen LogP contribution in [0, 0.1) is 16.7 Å². The van der Waals surface area contributed by atoms with Crippen molar-refractivity contribution in [2.45, 2.75) is 39.2 Å². The van der Waals surface area contributed by atoms with Crippen LogP contribution in [0.2, 0.25) is 0 Å². The third-order valence-electron chi connectivity index (χ3n) is 3.94. The molecular formula is C16H24N4. The molecule has 4 heteroatoms. The van der Waals surface area contributed by atoms with Crippen LogP contribution in [-0.2, 0) is 0 Å². The van der Waals surface area contributed by atoms with E-state index in [2.05, 4.69) is 41.2 Å². The van der Waals surface area contributed by atoms with Crippen LogP contribution in [0.3, 0.4) is 0 Å². The van der Waals surface area contributed by atoms with E-state index in [0.29, 0.717) is 12.5 Å². The molecule has 0 radical (unpaired) electrons. The Morgan fingerprint density at radius 2 is 2.35 bits per heavy atom. The van der Waals surface area contributed by atoms with Gasteiger partial charge in [0.1, 0.15) is 5.82 Å². The predicted molar refractivity (Wildman–Crippen MR) is 81.5 cm³/mol. The first kappa shape index (κ1) is 14.8. The van der Waals surface area contributed by atoms with Crippen LogP contribution in [0.4, 0.5) is 5.82 Å². The van der Waals surface area contributed by atoms with Crippen molar-refractivity contribution in [2.75, 3.05) is 24.5 Å². The van der Waals surface area contributed by atoms with Gasteiger partial charge in [0.05, 0.1) is 6.07 Å². The van der Waals surface area contributed by atoms with Crippen LogP contribution >= 0.6 is 0 Å². The number of nitriles is 1. The van der Waals surface area contributed by atoms with E-state index in [1.165, 1.54) is 0 Å². The van der Waals surface area contributed by atoms with Gasteiger partial charge in [0.15, 0.2) is 0 Å². The minimum absolute atomic E-state index is 0.189. The summed E-state index contributed by atoms with van der Waals surface area (Å²) in [6.07, 6.45) is 4.60. The van der Waals surface area contributed by atoms with E-state index in [1.807, 2.05) is 18.3 Å². The monoisotopic (exact) mass is 272 g/mol. The van der Waals surface area contributed by atoms with Crippen molar-refractivity contribution < 1.29 is 0 Å². The topological polar surface area (TPSA) is 52.0 Å². The molecule has 0 aromatic carbocycles. The lowest BCUT2D eigenvalue weighted by atomic mass is 9.88. The smallest absolute Gasteiger partial charge is 0.128 e. The lowest BCUT2D eigenvalue weighted by molar-refractivity contribution is 0.303. The fourth-order valence-corrected chi connectivity index (χ4v) is 2.58. The number of nitrogens with one attached hydrogen (secondary N) is 1. The van der Waals surface area contributed by atoms with Crippen LogP contribution in [-0.4, -0.2) is 30.7 Å². The molecule has 1 saturated heterocycles. The molecule has 4 nitrogen and oxygen atoms in total. The number of hydrogen-bond donors (Lipinski definition) is 1. The number of nitrogens with zero attached hydrogens (tertiary/aromatic N) is 3. The summed E-state index contributed by atoms with van der Waals surface area (Å²) in [6, 6.07) is 8.82. The van der Waals surface area contributed by atoms with E-state index >= 15 is 0 Å². The van der Waals surface area contributed by atoms with Gasteiger partial charge in [0.2, 0.25) is 0 Å². The van der Waals surface area contributed by atoms with E-state index in [-0.39, 0.29) is 5.41 Å². The van der Waals surface area contributed by atoms with Crippen LogP contribution in [0.5, 0.6) is 0 Å². The van der Waals surface area contributed by atoms with Crippen molar-refractivity contribution in [1.82, 2.24) is 10.3 Å². The molecule has 0 bridgehead atoms. The zero-order chi connectivity index (χ0) is 14.4. The minimum atomic E-state index is 0.189. The van der Waals surface area contributed by atoms with Crippen LogP contribution in [0.1, 0.15) is 33.1 Å². The molecule has 1 atom stereocenters. The van der Waals surface area contributed by atoms with Crippen molar-refractivity contribution in [3.63, 3.8) is 0 Å². The Hall–Kier alpha value is -1.60. The molecule has 0 aliphatic carbocycles. The van der Waals surface area contributed by atoms with Gasteiger partial charge in [0, 0.05) is 38.3 Å². The first-order valence-corrected chi connectivity index (χ1v) is 7.37. The van der Waals surface area contributed by atoms with Crippen LogP contribution in [0.25, 0.3) is 0 Å². The second-order valence-electron chi connectivity index (χ2n) is 6.32. The van der Waals surface area contributed by atoms with Gasteiger partial charge in [-0.25, -0.2) is 4.98 Å². The molecule has 1 aromatic rings. The van der Waals surface area contributed by atoms with Gasteiger partial charge in [-0.1, -0.05) is 19.9 Å². The fourth-order valence-electron chi connectivity index (χ4n) is 2.58. The Bertz CT molecular complexity index is 449. The first-order valence-electron chi connectivity index (χ1n) is 7.37. The molecule has 1 fully saturated rings. The van der Waals surface area contributed by atoms with Gasteiger partial charge in [-0.15, -0.1) is 0 Å². The van der Waals surface area contributed by atoms with Gasteiger partial charge < -0.3 is 10.2 Å². The molecule has 108 valence electrons. The quantitative estimate of drug-likeness (QED) is 0.865. The molecule has 0 spiro atoms. The van der Waals surface area contributed by atoms with E-state index in [1.54, 1.807) is 0 Å². The molecule has 1 N–H and O–H groups in total. The van der Waals surface area contributed by atoms with E-state index < -0.39 is 0 Å².